The van der Waals surface area contributed by atoms with E-state index in [2.05, 4.69) is 21.2 Å². The molecule has 0 radical (unpaired) electrons. The molecule has 1 aliphatic rings. The van der Waals surface area contributed by atoms with Gasteiger partial charge in [0.25, 0.3) is 0 Å². The van der Waals surface area contributed by atoms with Crippen LogP contribution in [0.5, 0.6) is 0 Å². The normalized spacial score (nSPS) is 17.1. The highest BCUT2D eigenvalue weighted by Gasteiger charge is 2.23. The highest BCUT2D eigenvalue weighted by Crippen LogP contribution is 2.36. The SMILES string of the molecule is Nc1ccc2c(c1)CCC2Nc1cc(F)c(Br)cc1F. The van der Waals surface area contributed by atoms with Crippen molar-refractivity contribution in [2.45, 2.75) is 18.9 Å². The van der Waals surface area contributed by atoms with Crippen molar-refractivity contribution in [1.82, 2.24) is 0 Å². The molecule has 2 nitrogen and oxygen atoms in total. The number of anilines is 2. The van der Waals surface area contributed by atoms with Gasteiger partial charge in [-0.25, -0.2) is 8.78 Å². The van der Waals surface area contributed by atoms with E-state index in [4.69, 9.17) is 5.73 Å². The highest BCUT2D eigenvalue weighted by molar-refractivity contribution is 9.10. The molecule has 20 heavy (non-hydrogen) atoms. The molecule has 0 aromatic heterocycles. The Morgan fingerprint density at radius 2 is 1.95 bits per heavy atom. The largest absolute Gasteiger partial charge is 0.399 e. The van der Waals surface area contributed by atoms with Gasteiger partial charge in [0, 0.05) is 11.8 Å². The molecule has 104 valence electrons. The van der Waals surface area contributed by atoms with Gasteiger partial charge in [-0.15, -0.1) is 0 Å². The van der Waals surface area contributed by atoms with Gasteiger partial charge in [0.2, 0.25) is 0 Å². The maximum atomic E-state index is 13.8. The van der Waals surface area contributed by atoms with Crippen molar-refractivity contribution >= 4 is 27.3 Å². The second kappa shape index (κ2) is 5.05. The van der Waals surface area contributed by atoms with Crippen LogP contribution in [-0.2, 0) is 6.42 Å². The van der Waals surface area contributed by atoms with E-state index in [0.717, 1.165) is 30.2 Å². The smallest absolute Gasteiger partial charge is 0.147 e. The Morgan fingerprint density at radius 3 is 2.75 bits per heavy atom. The van der Waals surface area contributed by atoms with E-state index < -0.39 is 11.6 Å². The fourth-order valence-electron chi connectivity index (χ4n) is 2.61. The molecule has 0 fully saturated rings. The zero-order valence-corrected chi connectivity index (χ0v) is 12.2. The zero-order valence-electron chi connectivity index (χ0n) is 10.6. The summed E-state index contributed by atoms with van der Waals surface area (Å²) in [5.41, 5.74) is 8.93. The number of nitrogens with two attached hydrogens (primary N) is 1. The lowest BCUT2D eigenvalue weighted by Gasteiger charge is -2.16. The Kier molecular flexibility index (Phi) is 3.38. The van der Waals surface area contributed by atoms with E-state index in [1.165, 1.54) is 11.6 Å². The molecule has 1 aliphatic carbocycles. The van der Waals surface area contributed by atoms with Crippen LogP contribution in [0.15, 0.2) is 34.8 Å². The average molecular weight is 339 g/mol. The van der Waals surface area contributed by atoms with Gasteiger partial charge < -0.3 is 11.1 Å². The molecule has 0 bridgehead atoms. The summed E-state index contributed by atoms with van der Waals surface area (Å²) < 4.78 is 27.5. The number of nitrogens with one attached hydrogen (secondary N) is 1. The summed E-state index contributed by atoms with van der Waals surface area (Å²) in [6.07, 6.45) is 1.73. The first-order valence-corrected chi connectivity index (χ1v) is 7.13. The van der Waals surface area contributed by atoms with Crippen LogP contribution in [0.4, 0.5) is 20.2 Å². The molecule has 3 N–H and O–H groups in total. The quantitative estimate of drug-likeness (QED) is 0.628. The molecule has 1 unspecified atom stereocenters. The van der Waals surface area contributed by atoms with Crippen LogP contribution < -0.4 is 11.1 Å². The summed E-state index contributed by atoms with van der Waals surface area (Å²) >= 11 is 2.97. The van der Waals surface area contributed by atoms with Crippen LogP contribution in [0.2, 0.25) is 0 Å². The Morgan fingerprint density at radius 1 is 1.15 bits per heavy atom. The third-order valence-corrected chi connectivity index (χ3v) is 4.19. The summed E-state index contributed by atoms with van der Waals surface area (Å²) in [5, 5.41) is 3.08. The highest BCUT2D eigenvalue weighted by atomic mass is 79.9. The third-order valence-electron chi connectivity index (χ3n) is 3.58. The minimum atomic E-state index is -0.482. The van der Waals surface area contributed by atoms with Crippen molar-refractivity contribution in [3.63, 3.8) is 0 Å². The van der Waals surface area contributed by atoms with E-state index in [1.807, 2.05) is 18.2 Å². The van der Waals surface area contributed by atoms with Gasteiger partial charge >= 0.3 is 0 Å². The number of fused-ring (bicyclic) bond motifs is 1. The van der Waals surface area contributed by atoms with Crippen LogP contribution in [0.3, 0.4) is 0 Å². The van der Waals surface area contributed by atoms with Gasteiger partial charge in [0.05, 0.1) is 16.2 Å². The number of halogens is 3. The van der Waals surface area contributed by atoms with Crippen molar-refractivity contribution in [2.75, 3.05) is 11.1 Å². The molecule has 0 heterocycles. The van der Waals surface area contributed by atoms with Crippen molar-refractivity contribution in [2.24, 2.45) is 0 Å². The van der Waals surface area contributed by atoms with Gasteiger partial charge in [-0.05, 0) is 58.1 Å². The molecule has 2 aromatic rings. The molecule has 5 heteroatoms. The lowest BCUT2D eigenvalue weighted by Crippen LogP contribution is -2.09. The van der Waals surface area contributed by atoms with Crippen molar-refractivity contribution in [1.29, 1.82) is 0 Å². The molecule has 3 rings (SSSR count). The van der Waals surface area contributed by atoms with E-state index in [0.29, 0.717) is 0 Å². The van der Waals surface area contributed by atoms with Gasteiger partial charge in [-0.3, -0.25) is 0 Å². The maximum absolute atomic E-state index is 13.8. The van der Waals surface area contributed by atoms with Crippen molar-refractivity contribution in [3.05, 3.63) is 57.6 Å². The fraction of sp³-hybridized carbons (Fsp3) is 0.200. The van der Waals surface area contributed by atoms with E-state index in [9.17, 15) is 8.78 Å². The van der Waals surface area contributed by atoms with Crippen LogP contribution >= 0.6 is 15.9 Å². The first kappa shape index (κ1) is 13.4. The number of rotatable bonds is 2. The summed E-state index contributed by atoms with van der Waals surface area (Å²) in [4.78, 5) is 0. The van der Waals surface area contributed by atoms with Crippen LogP contribution in [-0.4, -0.2) is 0 Å². The van der Waals surface area contributed by atoms with E-state index >= 15 is 0 Å². The third kappa shape index (κ3) is 2.38. The lowest BCUT2D eigenvalue weighted by atomic mass is 10.1. The molecule has 0 amide bonds. The number of nitrogen functional groups attached to an aromatic ring is 1. The van der Waals surface area contributed by atoms with Gasteiger partial charge in [-0.2, -0.15) is 0 Å². The monoisotopic (exact) mass is 338 g/mol. The van der Waals surface area contributed by atoms with E-state index in [1.54, 1.807) is 0 Å². The molecule has 2 aromatic carbocycles. The molecule has 0 saturated heterocycles. The molecular weight excluding hydrogens is 326 g/mol. The van der Waals surface area contributed by atoms with Gasteiger partial charge in [-0.1, -0.05) is 6.07 Å². The average Bonchev–Trinajstić information content (AvgIpc) is 2.78. The molecular formula is C15H13BrF2N2. The topological polar surface area (TPSA) is 38.0 Å². The molecule has 1 atom stereocenters. The zero-order chi connectivity index (χ0) is 14.3. The predicted octanol–water partition coefficient (Wildman–Crippen LogP) is 4.41. The first-order valence-electron chi connectivity index (χ1n) is 6.34. The minimum absolute atomic E-state index is 0.0133. The Labute approximate surface area is 124 Å². The predicted molar refractivity (Wildman–Crippen MR) is 79.6 cm³/mol. The number of hydrogen-bond donors (Lipinski definition) is 2. The maximum Gasteiger partial charge on any atom is 0.147 e. The second-order valence-corrected chi connectivity index (χ2v) is 5.79. The van der Waals surface area contributed by atoms with Crippen molar-refractivity contribution < 1.29 is 8.78 Å². The summed E-state index contributed by atoms with van der Waals surface area (Å²) in [7, 11) is 0. The van der Waals surface area contributed by atoms with Crippen LogP contribution in [0.1, 0.15) is 23.6 Å². The van der Waals surface area contributed by atoms with Gasteiger partial charge in [0.1, 0.15) is 11.6 Å². The molecule has 0 spiro atoms. The Balaban J connectivity index is 1.89. The first-order chi connectivity index (χ1) is 9.54. The van der Waals surface area contributed by atoms with Crippen LogP contribution in [0, 0.1) is 11.6 Å². The lowest BCUT2D eigenvalue weighted by molar-refractivity contribution is 0.593. The standard InChI is InChI=1S/C15H13BrF2N2/c16-11-6-13(18)15(7-12(11)17)20-14-4-1-8-5-9(19)2-3-10(8)14/h2-3,5-7,14,20H,1,4,19H2. The summed E-state index contributed by atoms with van der Waals surface area (Å²) in [5.74, 6) is -0.952. The van der Waals surface area contributed by atoms with Crippen LogP contribution in [0.25, 0.3) is 0 Å². The molecule has 0 aliphatic heterocycles. The Hall–Kier alpha value is -1.62. The Bertz CT molecular complexity index is 673. The van der Waals surface area contributed by atoms with Gasteiger partial charge in [0.15, 0.2) is 0 Å². The second-order valence-electron chi connectivity index (χ2n) is 4.94. The van der Waals surface area contributed by atoms with Crippen molar-refractivity contribution in [3.8, 4) is 0 Å². The number of aryl methyl sites for hydroxylation is 1. The van der Waals surface area contributed by atoms with E-state index in [-0.39, 0.29) is 16.2 Å². The molecule has 0 saturated carbocycles. The summed E-state index contributed by atoms with van der Waals surface area (Å²) in [6.45, 7) is 0. The minimum Gasteiger partial charge on any atom is -0.399 e. The number of benzene rings is 2. The fourth-order valence-corrected chi connectivity index (χ4v) is 2.92. The number of hydrogen-bond acceptors (Lipinski definition) is 2. The summed E-state index contributed by atoms with van der Waals surface area (Å²) in [6, 6.07) is 8.02.